The van der Waals surface area contributed by atoms with E-state index in [1.165, 1.54) is 0 Å². The van der Waals surface area contributed by atoms with Crippen molar-refractivity contribution >= 4 is 5.97 Å². The van der Waals surface area contributed by atoms with Gasteiger partial charge in [0.2, 0.25) is 0 Å². The summed E-state index contributed by atoms with van der Waals surface area (Å²) in [5.41, 5.74) is 1.39. The fourth-order valence-corrected chi connectivity index (χ4v) is 2.71. The van der Waals surface area contributed by atoms with Crippen molar-refractivity contribution in [3.8, 4) is 0 Å². The summed E-state index contributed by atoms with van der Waals surface area (Å²) in [5, 5.41) is 12.4. The number of fused-ring (bicyclic) bond motifs is 1. The summed E-state index contributed by atoms with van der Waals surface area (Å²) in [6.07, 6.45) is 4.89. The molecule has 20 heavy (non-hydrogen) atoms. The third-order valence-electron chi connectivity index (χ3n) is 3.82. The lowest BCUT2D eigenvalue weighted by Crippen LogP contribution is -2.19. The number of aromatic nitrogens is 2. The summed E-state index contributed by atoms with van der Waals surface area (Å²) >= 11 is 0. The predicted molar refractivity (Wildman–Crippen MR) is 74.5 cm³/mol. The molecule has 1 aliphatic heterocycles. The molecule has 0 unspecified atom stereocenters. The number of benzene rings is 1. The molecule has 0 amide bonds. The Bertz CT molecular complexity index is 618. The van der Waals surface area contributed by atoms with Gasteiger partial charge in [-0.1, -0.05) is 12.1 Å². The van der Waals surface area contributed by atoms with Crippen molar-refractivity contribution in [1.29, 1.82) is 0 Å². The van der Waals surface area contributed by atoms with Crippen LogP contribution < -0.4 is 5.32 Å². The second kappa shape index (κ2) is 5.09. The van der Waals surface area contributed by atoms with Crippen LogP contribution in [0.5, 0.6) is 0 Å². The molecule has 2 N–H and O–H groups in total. The van der Waals surface area contributed by atoms with Gasteiger partial charge in [-0.15, -0.1) is 0 Å². The van der Waals surface area contributed by atoms with Gasteiger partial charge in [0.25, 0.3) is 0 Å². The van der Waals surface area contributed by atoms with Gasteiger partial charge in [0.1, 0.15) is 5.82 Å². The Morgan fingerprint density at radius 2 is 2.20 bits per heavy atom. The molecule has 0 fully saturated rings. The zero-order chi connectivity index (χ0) is 14.1. The molecule has 5 heteroatoms. The minimum Gasteiger partial charge on any atom is -0.478 e. The SMILES string of the molecule is C[C@@H]1C[C@@H](NCc2ccc(C(=O)O)cc2)c2nccn21. The van der Waals surface area contributed by atoms with E-state index in [0.29, 0.717) is 18.2 Å². The van der Waals surface area contributed by atoms with E-state index in [1.54, 1.807) is 12.1 Å². The number of carboxylic acids is 1. The second-order valence-corrected chi connectivity index (χ2v) is 5.21. The van der Waals surface area contributed by atoms with Crippen LogP contribution in [-0.4, -0.2) is 20.6 Å². The Morgan fingerprint density at radius 1 is 1.45 bits per heavy atom. The van der Waals surface area contributed by atoms with Crippen LogP contribution in [-0.2, 0) is 6.54 Å². The van der Waals surface area contributed by atoms with Gasteiger partial charge in [-0.2, -0.15) is 0 Å². The van der Waals surface area contributed by atoms with Gasteiger partial charge in [-0.3, -0.25) is 0 Å². The molecule has 2 aromatic rings. The Kier molecular flexibility index (Phi) is 3.28. The van der Waals surface area contributed by atoms with Gasteiger partial charge in [0.15, 0.2) is 0 Å². The highest BCUT2D eigenvalue weighted by atomic mass is 16.4. The predicted octanol–water partition coefficient (Wildman–Crippen LogP) is 2.38. The molecule has 0 spiro atoms. The topological polar surface area (TPSA) is 67.2 Å². The summed E-state index contributed by atoms with van der Waals surface area (Å²) in [5.74, 6) is 0.191. The van der Waals surface area contributed by atoms with E-state index in [9.17, 15) is 4.79 Å². The number of nitrogens with one attached hydrogen (secondary N) is 1. The van der Waals surface area contributed by atoms with Crippen LogP contribution >= 0.6 is 0 Å². The second-order valence-electron chi connectivity index (χ2n) is 5.21. The minimum absolute atomic E-state index is 0.263. The van der Waals surface area contributed by atoms with Gasteiger partial charge in [0, 0.05) is 25.0 Å². The van der Waals surface area contributed by atoms with Crippen LogP contribution in [0.3, 0.4) is 0 Å². The van der Waals surface area contributed by atoms with Crippen molar-refractivity contribution in [2.45, 2.75) is 32.0 Å². The number of carbonyl (C=O) groups is 1. The van der Waals surface area contributed by atoms with Crippen molar-refractivity contribution < 1.29 is 9.90 Å². The number of hydrogen-bond donors (Lipinski definition) is 2. The highest BCUT2D eigenvalue weighted by molar-refractivity contribution is 5.87. The van der Waals surface area contributed by atoms with Crippen LogP contribution in [0.15, 0.2) is 36.7 Å². The fourth-order valence-electron chi connectivity index (χ4n) is 2.71. The van der Waals surface area contributed by atoms with Gasteiger partial charge in [0.05, 0.1) is 11.6 Å². The molecule has 1 aromatic heterocycles. The molecule has 5 nitrogen and oxygen atoms in total. The molecule has 0 aliphatic carbocycles. The lowest BCUT2D eigenvalue weighted by atomic mass is 10.1. The lowest BCUT2D eigenvalue weighted by molar-refractivity contribution is 0.0697. The number of carboxylic acid groups (broad SMARTS) is 1. The van der Waals surface area contributed by atoms with E-state index in [2.05, 4.69) is 21.8 Å². The maximum Gasteiger partial charge on any atom is 0.335 e. The normalized spacial score (nSPS) is 20.9. The average Bonchev–Trinajstić information content (AvgIpc) is 3.02. The first-order valence-electron chi connectivity index (χ1n) is 6.73. The quantitative estimate of drug-likeness (QED) is 0.896. The third-order valence-corrected chi connectivity index (χ3v) is 3.82. The minimum atomic E-state index is -0.892. The number of rotatable bonds is 4. The highest BCUT2D eigenvalue weighted by Gasteiger charge is 2.28. The number of aromatic carboxylic acids is 1. The standard InChI is InChI=1S/C15H17N3O2/c1-10-8-13(14-16-6-7-18(10)14)17-9-11-2-4-12(5-3-11)15(19)20/h2-7,10,13,17H,8-9H2,1H3,(H,19,20)/t10-,13-/m1/s1. The van der Waals surface area contributed by atoms with E-state index < -0.39 is 5.97 Å². The average molecular weight is 271 g/mol. The Balaban J connectivity index is 1.65. The van der Waals surface area contributed by atoms with Gasteiger partial charge in [-0.05, 0) is 31.0 Å². The lowest BCUT2D eigenvalue weighted by Gasteiger charge is -2.11. The third kappa shape index (κ3) is 2.32. The molecular weight excluding hydrogens is 254 g/mol. The van der Waals surface area contributed by atoms with E-state index in [-0.39, 0.29) is 6.04 Å². The van der Waals surface area contributed by atoms with Crippen LogP contribution in [0.4, 0.5) is 0 Å². The summed E-state index contributed by atoms with van der Waals surface area (Å²) in [6.45, 7) is 2.90. The van der Waals surface area contributed by atoms with E-state index in [0.717, 1.165) is 17.8 Å². The summed E-state index contributed by atoms with van der Waals surface area (Å²) < 4.78 is 2.20. The van der Waals surface area contributed by atoms with E-state index in [1.807, 2.05) is 24.5 Å². The maximum absolute atomic E-state index is 10.8. The van der Waals surface area contributed by atoms with Crippen LogP contribution in [0.2, 0.25) is 0 Å². The van der Waals surface area contributed by atoms with Gasteiger partial charge in [-0.25, -0.2) is 9.78 Å². The van der Waals surface area contributed by atoms with Crippen LogP contribution in [0.25, 0.3) is 0 Å². The first-order chi connectivity index (χ1) is 9.65. The zero-order valence-corrected chi connectivity index (χ0v) is 11.3. The van der Waals surface area contributed by atoms with Gasteiger partial charge >= 0.3 is 5.97 Å². The smallest absolute Gasteiger partial charge is 0.335 e. The number of imidazole rings is 1. The van der Waals surface area contributed by atoms with Gasteiger partial charge < -0.3 is 15.0 Å². The molecule has 2 atom stereocenters. The number of nitrogens with zero attached hydrogens (tertiary/aromatic N) is 2. The molecule has 2 heterocycles. The van der Waals surface area contributed by atoms with Crippen molar-refractivity contribution in [2.75, 3.05) is 0 Å². The molecule has 0 saturated heterocycles. The van der Waals surface area contributed by atoms with E-state index in [4.69, 9.17) is 5.11 Å². The van der Waals surface area contributed by atoms with Crippen LogP contribution in [0, 0.1) is 0 Å². The monoisotopic (exact) mass is 271 g/mol. The summed E-state index contributed by atoms with van der Waals surface area (Å²) in [6, 6.07) is 7.70. The van der Waals surface area contributed by atoms with E-state index >= 15 is 0 Å². The molecule has 3 rings (SSSR count). The van der Waals surface area contributed by atoms with Crippen molar-refractivity contribution in [1.82, 2.24) is 14.9 Å². The van der Waals surface area contributed by atoms with Crippen molar-refractivity contribution in [3.05, 3.63) is 53.6 Å². The largest absolute Gasteiger partial charge is 0.478 e. The van der Waals surface area contributed by atoms with Crippen LogP contribution in [0.1, 0.15) is 47.2 Å². The molecule has 1 aliphatic rings. The molecule has 0 radical (unpaired) electrons. The zero-order valence-electron chi connectivity index (χ0n) is 11.3. The fraction of sp³-hybridized carbons (Fsp3) is 0.333. The van der Waals surface area contributed by atoms with Crippen molar-refractivity contribution in [2.24, 2.45) is 0 Å². The molecule has 0 saturated carbocycles. The molecule has 104 valence electrons. The Labute approximate surface area is 117 Å². The number of hydrogen-bond acceptors (Lipinski definition) is 3. The Hall–Kier alpha value is -2.14. The Morgan fingerprint density at radius 3 is 2.90 bits per heavy atom. The highest BCUT2D eigenvalue weighted by Crippen LogP contribution is 2.32. The summed E-state index contributed by atoms with van der Waals surface area (Å²) in [4.78, 5) is 15.2. The molecular formula is C15H17N3O2. The maximum atomic E-state index is 10.8. The molecule has 1 aromatic carbocycles. The summed E-state index contributed by atoms with van der Waals surface area (Å²) in [7, 11) is 0. The molecule has 0 bridgehead atoms. The van der Waals surface area contributed by atoms with Crippen molar-refractivity contribution in [3.63, 3.8) is 0 Å². The first kappa shape index (κ1) is 12.9. The first-order valence-corrected chi connectivity index (χ1v) is 6.73.